The molecular weight excluding hydrogens is 1070 g/mol. The zero-order valence-electron chi connectivity index (χ0n) is 40.7. The number of pyridine rings is 3. The smallest absolute Gasteiger partial charge is 0.339 e. The quantitative estimate of drug-likeness (QED) is 0.0503. The summed E-state index contributed by atoms with van der Waals surface area (Å²) >= 11 is 3.17. The highest BCUT2D eigenvalue weighted by molar-refractivity contribution is 9.10. The highest BCUT2D eigenvalue weighted by Gasteiger charge is 2.19. The van der Waals surface area contributed by atoms with Crippen LogP contribution in [-0.2, 0) is 0 Å². The first-order valence-corrected chi connectivity index (χ1v) is 23.4. The number of nitrogens with zero attached hydrogens (tertiary/aromatic N) is 3. The van der Waals surface area contributed by atoms with Gasteiger partial charge < -0.3 is 45.9 Å². The first-order chi connectivity index (χ1) is 36.9. The van der Waals surface area contributed by atoms with Gasteiger partial charge in [0.2, 0.25) is 0 Å². The Balaban J connectivity index is 0.000000168. The lowest BCUT2D eigenvalue weighted by atomic mass is 10.0. The molecule has 0 aliphatic heterocycles. The number of aromatic nitrogens is 3. The van der Waals surface area contributed by atoms with E-state index in [1.165, 1.54) is 67.1 Å². The molecule has 77 heavy (non-hydrogen) atoms. The summed E-state index contributed by atoms with van der Waals surface area (Å²) in [5.74, 6) is -5.10. The molecule has 0 bridgehead atoms. The van der Waals surface area contributed by atoms with Crippen molar-refractivity contribution in [3.8, 4) is 50.6 Å². The van der Waals surface area contributed by atoms with Crippen LogP contribution < -0.4 is 25.4 Å². The highest BCUT2D eigenvalue weighted by Crippen LogP contribution is 2.34. The number of aryl methyl sites for hydroxylation is 1. The molecule has 6 aromatic carbocycles. The van der Waals surface area contributed by atoms with Crippen LogP contribution in [0.2, 0.25) is 0 Å². The summed E-state index contributed by atoms with van der Waals surface area (Å²) in [6.45, 7) is 1.74. The van der Waals surface area contributed by atoms with Gasteiger partial charge in [-0.25, -0.2) is 46.9 Å². The molecule has 0 saturated heterocycles. The van der Waals surface area contributed by atoms with Crippen molar-refractivity contribution < 1.29 is 61.8 Å². The maximum atomic E-state index is 14.5. The molecule has 3 aromatic heterocycles. The summed E-state index contributed by atoms with van der Waals surface area (Å²) in [5, 5.41) is 45.0. The number of ether oxygens (including phenoxy) is 2. The van der Waals surface area contributed by atoms with Gasteiger partial charge in [-0.05, 0) is 159 Å². The van der Waals surface area contributed by atoms with Gasteiger partial charge in [-0.2, -0.15) is 0 Å². The standard InChI is InChI=1S/C20H17FN2O3.C19H14BrFN2O3.C18H12F2N2O3/c1-12-8-16(20(24)25)19(22-11-12)23-18-7-6-14(10-17(18)21)13-4-3-5-15(9-13)26-2;1-26-14-4-2-3-11(7-14)12-5-6-17(16(21)8-12)23-18-15(19(24)25)9-13(20)10-22-18;19-14-8-11(10-3-1-4-12(23)7-10)9-15(20)16(14)22-17-13(18(24)25)5-2-6-21-17/h3-11H,1-2H3,(H,22,23)(H,24,25);2-10H,1H3,(H,22,23)(H,24,25);1-9,23H,(H,21,22)(H,24,25). The van der Waals surface area contributed by atoms with Crippen molar-refractivity contribution in [2.45, 2.75) is 6.92 Å². The Bertz CT molecular complexity index is 3480. The fourth-order valence-electron chi connectivity index (χ4n) is 7.33. The van der Waals surface area contributed by atoms with Crippen LogP contribution in [0.15, 0.2) is 169 Å². The monoisotopic (exact) mass is 1110 g/mol. The molecule has 390 valence electrons. The van der Waals surface area contributed by atoms with E-state index in [4.69, 9.17) is 14.6 Å². The number of anilines is 6. The van der Waals surface area contributed by atoms with Gasteiger partial charge >= 0.3 is 17.9 Å². The number of benzene rings is 6. The van der Waals surface area contributed by atoms with E-state index in [-0.39, 0.29) is 56.8 Å². The Hall–Kier alpha value is -9.82. The van der Waals surface area contributed by atoms with E-state index < -0.39 is 46.9 Å². The molecule has 0 saturated carbocycles. The van der Waals surface area contributed by atoms with Crippen molar-refractivity contribution in [2.75, 3.05) is 30.2 Å². The van der Waals surface area contributed by atoms with E-state index in [1.54, 1.807) is 63.6 Å². The fraction of sp³-hybridized carbons (Fsp3) is 0.0526. The van der Waals surface area contributed by atoms with Gasteiger partial charge in [0.25, 0.3) is 0 Å². The van der Waals surface area contributed by atoms with Crippen molar-refractivity contribution in [3.63, 3.8) is 0 Å². The zero-order valence-corrected chi connectivity index (χ0v) is 42.2. The number of rotatable bonds is 14. The summed E-state index contributed by atoms with van der Waals surface area (Å²) in [6, 6.07) is 37.6. The number of carboxylic acid groups (broad SMARTS) is 3. The first kappa shape index (κ1) is 54.9. The second-order valence-corrected chi connectivity index (χ2v) is 17.3. The summed E-state index contributed by atoms with van der Waals surface area (Å²) in [5.41, 5.74) is 3.85. The van der Waals surface area contributed by atoms with Gasteiger partial charge in [0, 0.05) is 23.1 Å². The Kier molecular flexibility index (Phi) is 17.8. The average Bonchev–Trinajstić information content (AvgIpc) is 3.42. The number of phenols is 1. The topological polar surface area (TPSA) is 225 Å². The molecule has 0 atom stereocenters. The summed E-state index contributed by atoms with van der Waals surface area (Å²) in [4.78, 5) is 45.8. The third-order valence-electron chi connectivity index (χ3n) is 11.1. The van der Waals surface area contributed by atoms with Gasteiger partial charge in [0.1, 0.15) is 80.3 Å². The van der Waals surface area contributed by atoms with E-state index in [2.05, 4.69) is 46.8 Å². The van der Waals surface area contributed by atoms with Gasteiger partial charge in [0.05, 0.1) is 25.6 Å². The Labute approximate surface area is 445 Å². The van der Waals surface area contributed by atoms with Gasteiger partial charge in [-0.15, -0.1) is 0 Å². The molecule has 20 heteroatoms. The van der Waals surface area contributed by atoms with Gasteiger partial charge in [-0.3, -0.25) is 0 Å². The predicted molar refractivity (Wildman–Crippen MR) is 286 cm³/mol. The second-order valence-electron chi connectivity index (χ2n) is 16.4. The molecule has 3 heterocycles. The molecule has 7 N–H and O–H groups in total. The predicted octanol–water partition coefficient (Wildman–Crippen LogP) is 13.9. The third kappa shape index (κ3) is 14.1. The highest BCUT2D eigenvalue weighted by atomic mass is 79.9. The molecule has 0 radical (unpaired) electrons. The SMILES string of the molecule is COc1cccc(-c2ccc(Nc3ncc(Br)cc3C(=O)O)c(F)c2)c1.COc1cccc(-c2ccc(Nc3ncc(C)cc3C(=O)O)c(F)c2)c1.O=C(O)c1cccnc1Nc1c(F)cc(-c2cccc(O)c2)cc1F. The maximum Gasteiger partial charge on any atom is 0.339 e. The van der Waals surface area contributed by atoms with Crippen LogP contribution >= 0.6 is 15.9 Å². The number of carboxylic acids is 3. The lowest BCUT2D eigenvalue weighted by Crippen LogP contribution is -2.06. The number of aromatic carboxylic acids is 3. The molecule has 15 nitrogen and oxygen atoms in total. The van der Waals surface area contributed by atoms with Crippen molar-refractivity contribution in [2.24, 2.45) is 0 Å². The third-order valence-corrected chi connectivity index (χ3v) is 11.5. The van der Waals surface area contributed by atoms with Crippen LogP contribution in [-0.4, -0.2) is 67.5 Å². The number of aromatic hydroxyl groups is 1. The van der Waals surface area contributed by atoms with E-state index in [1.807, 2.05) is 42.5 Å². The van der Waals surface area contributed by atoms with Crippen molar-refractivity contribution in [1.82, 2.24) is 15.0 Å². The van der Waals surface area contributed by atoms with Gasteiger partial charge in [-0.1, -0.05) is 48.5 Å². The Morgan fingerprint density at radius 3 is 1.43 bits per heavy atom. The molecule has 0 unspecified atom stereocenters. The van der Waals surface area contributed by atoms with Gasteiger partial charge in [0.15, 0.2) is 0 Å². The number of carbonyl (C=O) groups is 3. The lowest BCUT2D eigenvalue weighted by molar-refractivity contribution is 0.0686. The van der Waals surface area contributed by atoms with Crippen LogP contribution in [0.4, 0.5) is 52.1 Å². The fourth-order valence-corrected chi connectivity index (χ4v) is 7.66. The van der Waals surface area contributed by atoms with E-state index in [9.17, 15) is 47.3 Å². The van der Waals surface area contributed by atoms with Crippen molar-refractivity contribution in [1.29, 1.82) is 0 Å². The Morgan fingerprint density at radius 1 is 0.481 bits per heavy atom. The molecule has 0 aliphatic carbocycles. The normalized spacial score (nSPS) is 10.4. The zero-order chi connectivity index (χ0) is 55.3. The van der Waals surface area contributed by atoms with Crippen LogP contribution in [0.25, 0.3) is 33.4 Å². The van der Waals surface area contributed by atoms with Crippen molar-refractivity contribution in [3.05, 3.63) is 214 Å². The number of halogens is 5. The minimum Gasteiger partial charge on any atom is -0.508 e. The molecule has 0 spiro atoms. The molecular formula is C57H43BrF4N6O9. The molecule has 0 fully saturated rings. The number of nitrogens with one attached hydrogen (secondary N) is 3. The second kappa shape index (κ2) is 24.9. The molecule has 9 aromatic rings. The molecule has 0 aliphatic rings. The summed E-state index contributed by atoms with van der Waals surface area (Å²) < 4.78 is 68.7. The maximum absolute atomic E-state index is 14.5. The minimum absolute atomic E-state index is 0.0127. The lowest BCUT2D eigenvalue weighted by Gasteiger charge is -2.12. The number of methoxy groups -OCH3 is 2. The van der Waals surface area contributed by atoms with Crippen LogP contribution in [0.5, 0.6) is 17.2 Å². The van der Waals surface area contributed by atoms with Crippen molar-refractivity contribution >= 4 is 68.4 Å². The average molecular weight is 1110 g/mol. The summed E-state index contributed by atoms with van der Waals surface area (Å²) in [7, 11) is 3.14. The number of hydrogen-bond donors (Lipinski definition) is 7. The Morgan fingerprint density at radius 2 is 0.935 bits per heavy atom. The van der Waals surface area contributed by atoms with Crippen LogP contribution in [0, 0.1) is 30.2 Å². The largest absolute Gasteiger partial charge is 0.508 e. The van der Waals surface area contributed by atoms with Crippen LogP contribution in [0.3, 0.4) is 0 Å². The van der Waals surface area contributed by atoms with E-state index in [0.717, 1.165) is 23.3 Å². The summed E-state index contributed by atoms with van der Waals surface area (Å²) in [6.07, 6.45) is 4.28. The molecule has 0 amide bonds. The first-order valence-electron chi connectivity index (χ1n) is 22.7. The van der Waals surface area contributed by atoms with E-state index in [0.29, 0.717) is 38.2 Å². The number of phenolic OH excluding ortho intramolecular Hbond substituents is 1. The van der Waals surface area contributed by atoms with Crippen LogP contribution in [0.1, 0.15) is 36.6 Å². The minimum atomic E-state index is -1.27. The van der Waals surface area contributed by atoms with E-state index >= 15 is 0 Å². The molecule has 9 rings (SSSR count). The number of hydrogen-bond acceptors (Lipinski definition) is 12.